The molecule has 1 aromatic heterocycles. The molecule has 3 aromatic rings. The Hall–Kier alpha value is -3.62. The van der Waals surface area contributed by atoms with E-state index in [1.807, 2.05) is 0 Å². The largest absolute Gasteiger partial charge is 0.462 e. The fourth-order valence-electron chi connectivity index (χ4n) is 3.38. The molecular formula is C23H26N4O5. The van der Waals surface area contributed by atoms with E-state index < -0.39 is 10.5 Å². The number of nitrogens with zero attached hydrogens (tertiary/aromatic N) is 4. The standard InChI is InChI=1S/C23H26N4O5/c1-3-5-6-16(4-2)15-32-23(29)18-9-7-17(8-10-18)14-26-22(28)20-13-19(27(30)31)11-12-21(20)24-25-26/h7-13,16H,3-6,14-15H2,1-2H3. The average molecular weight is 438 g/mol. The van der Waals surface area contributed by atoms with E-state index in [0.29, 0.717) is 23.6 Å². The zero-order valence-electron chi connectivity index (χ0n) is 18.2. The summed E-state index contributed by atoms with van der Waals surface area (Å²) in [4.78, 5) is 35.5. The van der Waals surface area contributed by atoms with Crippen LogP contribution in [0.4, 0.5) is 5.69 Å². The third-order valence-corrected chi connectivity index (χ3v) is 5.43. The molecule has 1 heterocycles. The predicted molar refractivity (Wildman–Crippen MR) is 120 cm³/mol. The summed E-state index contributed by atoms with van der Waals surface area (Å²) in [5, 5.41) is 19.0. The van der Waals surface area contributed by atoms with Crippen LogP contribution in [0.5, 0.6) is 0 Å². The van der Waals surface area contributed by atoms with Gasteiger partial charge in [0.25, 0.3) is 11.2 Å². The van der Waals surface area contributed by atoms with Crippen molar-refractivity contribution in [3.63, 3.8) is 0 Å². The van der Waals surface area contributed by atoms with E-state index in [-0.39, 0.29) is 23.6 Å². The van der Waals surface area contributed by atoms with Crippen LogP contribution in [0.3, 0.4) is 0 Å². The van der Waals surface area contributed by atoms with Gasteiger partial charge in [-0.05, 0) is 36.1 Å². The van der Waals surface area contributed by atoms with Crippen molar-refractivity contribution in [3.8, 4) is 0 Å². The van der Waals surface area contributed by atoms with Crippen molar-refractivity contribution in [2.75, 3.05) is 6.61 Å². The molecule has 2 aromatic carbocycles. The number of rotatable bonds is 10. The van der Waals surface area contributed by atoms with Crippen LogP contribution in [0.15, 0.2) is 47.3 Å². The Morgan fingerprint density at radius 1 is 1.19 bits per heavy atom. The molecule has 0 bridgehead atoms. The van der Waals surface area contributed by atoms with Gasteiger partial charge in [0.15, 0.2) is 0 Å². The van der Waals surface area contributed by atoms with Crippen molar-refractivity contribution in [1.29, 1.82) is 0 Å². The molecule has 3 rings (SSSR count). The Morgan fingerprint density at radius 2 is 1.94 bits per heavy atom. The number of ether oxygens (including phenoxy) is 1. The molecule has 0 saturated heterocycles. The minimum absolute atomic E-state index is 0.120. The molecule has 0 spiro atoms. The van der Waals surface area contributed by atoms with Gasteiger partial charge in [0, 0.05) is 12.1 Å². The number of hydrogen-bond acceptors (Lipinski definition) is 7. The summed E-state index contributed by atoms with van der Waals surface area (Å²) in [5.74, 6) is -0.00572. The van der Waals surface area contributed by atoms with Gasteiger partial charge in [0.1, 0.15) is 5.52 Å². The molecule has 1 atom stereocenters. The number of carbonyl (C=O) groups excluding carboxylic acids is 1. The van der Waals surface area contributed by atoms with E-state index in [4.69, 9.17) is 4.74 Å². The summed E-state index contributed by atoms with van der Waals surface area (Å²) in [6.45, 7) is 4.76. The number of unbranched alkanes of at least 4 members (excludes halogenated alkanes) is 1. The molecule has 168 valence electrons. The number of nitro groups is 1. The highest BCUT2D eigenvalue weighted by Crippen LogP contribution is 2.17. The number of esters is 1. The van der Waals surface area contributed by atoms with Gasteiger partial charge >= 0.3 is 5.97 Å². The summed E-state index contributed by atoms with van der Waals surface area (Å²) in [5.41, 5.74) is 0.805. The molecule has 0 aliphatic carbocycles. The minimum Gasteiger partial charge on any atom is -0.462 e. The summed E-state index contributed by atoms with van der Waals surface area (Å²) < 4.78 is 6.60. The fourth-order valence-corrected chi connectivity index (χ4v) is 3.38. The normalized spacial score (nSPS) is 11.9. The molecule has 1 unspecified atom stereocenters. The van der Waals surface area contributed by atoms with Gasteiger partial charge in [-0.25, -0.2) is 9.48 Å². The van der Waals surface area contributed by atoms with E-state index in [0.717, 1.165) is 35.9 Å². The molecular weight excluding hydrogens is 412 g/mol. The Morgan fingerprint density at radius 3 is 2.59 bits per heavy atom. The van der Waals surface area contributed by atoms with Crippen LogP contribution >= 0.6 is 0 Å². The lowest BCUT2D eigenvalue weighted by Gasteiger charge is -2.14. The van der Waals surface area contributed by atoms with Crippen LogP contribution in [0, 0.1) is 16.0 Å². The van der Waals surface area contributed by atoms with E-state index >= 15 is 0 Å². The van der Waals surface area contributed by atoms with Crippen molar-refractivity contribution < 1.29 is 14.5 Å². The molecule has 0 N–H and O–H groups in total. The van der Waals surface area contributed by atoms with Crippen LogP contribution < -0.4 is 5.56 Å². The number of hydrogen-bond donors (Lipinski definition) is 0. The van der Waals surface area contributed by atoms with Gasteiger partial charge in [-0.3, -0.25) is 14.9 Å². The maximum atomic E-state index is 12.7. The number of nitro benzene ring substituents is 1. The highest BCUT2D eigenvalue weighted by molar-refractivity contribution is 5.89. The first-order valence-electron chi connectivity index (χ1n) is 10.7. The minimum atomic E-state index is -0.562. The second kappa shape index (κ2) is 10.6. The second-order valence-corrected chi connectivity index (χ2v) is 7.72. The van der Waals surface area contributed by atoms with E-state index in [1.54, 1.807) is 24.3 Å². The zero-order chi connectivity index (χ0) is 23.1. The van der Waals surface area contributed by atoms with E-state index in [2.05, 4.69) is 24.2 Å². The molecule has 0 fully saturated rings. The highest BCUT2D eigenvalue weighted by atomic mass is 16.6. The lowest BCUT2D eigenvalue weighted by Crippen LogP contribution is -2.24. The fraction of sp³-hybridized carbons (Fsp3) is 0.391. The zero-order valence-corrected chi connectivity index (χ0v) is 18.2. The van der Waals surface area contributed by atoms with Crippen molar-refractivity contribution in [3.05, 3.63) is 74.1 Å². The molecule has 32 heavy (non-hydrogen) atoms. The van der Waals surface area contributed by atoms with Crippen LogP contribution in [-0.2, 0) is 11.3 Å². The summed E-state index contributed by atoms with van der Waals surface area (Å²) in [7, 11) is 0. The smallest absolute Gasteiger partial charge is 0.338 e. The SMILES string of the molecule is CCCCC(CC)COC(=O)c1ccc(Cn2nnc3ccc([N+](=O)[O-])cc3c2=O)cc1. The van der Waals surface area contributed by atoms with Gasteiger partial charge in [0.05, 0.1) is 29.0 Å². The van der Waals surface area contributed by atoms with Crippen LogP contribution in [-0.4, -0.2) is 32.5 Å². The maximum absolute atomic E-state index is 12.7. The van der Waals surface area contributed by atoms with E-state index in [9.17, 15) is 19.7 Å². The first-order chi connectivity index (χ1) is 15.4. The molecule has 0 amide bonds. The lowest BCUT2D eigenvalue weighted by molar-refractivity contribution is -0.384. The van der Waals surface area contributed by atoms with Gasteiger partial charge in [0.2, 0.25) is 0 Å². The number of carbonyl (C=O) groups is 1. The third kappa shape index (κ3) is 5.54. The van der Waals surface area contributed by atoms with Crippen LogP contribution in [0.1, 0.15) is 55.5 Å². The van der Waals surface area contributed by atoms with Gasteiger partial charge in [-0.15, -0.1) is 5.10 Å². The summed E-state index contributed by atoms with van der Waals surface area (Å²) in [6, 6.07) is 10.6. The monoisotopic (exact) mass is 438 g/mol. The molecule has 0 aliphatic rings. The van der Waals surface area contributed by atoms with Gasteiger partial charge < -0.3 is 4.74 Å². The molecule has 9 heteroatoms. The van der Waals surface area contributed by atoms with Crippen molar-refractivity contribution >= 4 is 22.6 Å². The molecule has 0 saturated carbocycles. The molecule has 0 aliphatic heterocycles. The topological polar surface area (TPSA) is 117 Å². The van der Waals surface area contributed by atoms with Crippen molar-refractivity contribution in [2.45, 2.75) is 46.1 Å². The first-order valence-corrected chi connectivity index (χ1v) is 10.7. The quantitative estimate of drug-likeness (QED) is 0.265. The van der Waals surface area contributed by atoms with Crippen molar-refractivity contribution in [2.24, 2.45) is 5.92 Å². The number of non-ortho nitro benzene ring substituents is 1. The Kier molecular flexibility index (Phi) is 7.64. The lowest BCUT2D eigenvalue weighted by atomic mass is 10.0. The predicted octanol–water partition coefficient (Wildman–Crippen LogP) is 4.12. The summed E-state index contributed by atoms with van der Waals surface area (Å²) >= 11 is 0. The Balaban J connectivity index is 1.69. The highest BCUT2D eigenvalue weighted by Gasteiger charge is 2.14. The Labute approximate surface area is 185 Å². The second-order valence-electron chi connectivity index (χ2n) is 7.72. The summed E-state index contributed by atoms with van der Waals surface area (Å²) in [6.07, 6.45) is 4.25. The number of aromatic nitrogens is 3. The van der Waals surface area contributed by atoms with Crippen LogP contribution in [0.2, 0.25) is 0 Å². The van der Waals surface area contributed by atoms with E-state index in [1.165, 1.54) is 18.2 Å². The Bertz CT molecular complexity index is 1160. The van der Waals surface area contributed by atoms with Gasteiger partial charge in [-0.1, -0.05) is 50.5 Å². The number of benzene rings is 2. The molecule has 0 radical (unpaired) electrons. The van der Waals surface area contributed by atoms with Gasteiger partial charge in [-0.2, -0.15) is 0 Å². The average Bonchev–Trinajstić information content (AvgIpc) is 2.81. The maximum Gasteiger partial charge on any atom is 0.338 e. The number of fused-ring (bicyclic) bond motifs is 1. The third-order valence-electron chi connectivity index (χ3n) is 5.43. The first kappa shape index (κ1) is 23.1. The van der Waals surface area contributed by atoms with Crippen molar-refractivity contribution in [1.82, 2.24) is 15.0 Å². The molecule has 9 nitrogen and oxygen atoms in total. The van der Waals surface area contributed by atoms with Crippen LogP contribution in [0.25, 0.3) is 10.9 Å².